The van der Waals surface area contributed by atoms with Crippen molar-refractivity contribution in [1.82, 2.24) is 0 Å². The molecule has 90 valence electrons. The lowest BCUT2D eigenvalue weighted by Gasteiger charge is -2.08. The Morgan fingerprint density at radius 1 is 1.47 bits per heavy atom. The normalized spacial score (nSPS) is 11.7. The number of hydrogen-bond acceptors (Lipinski definition) is 4. The maximum Gasteiger partial charge on any atom is 0.343 e. The zero-order valence-electron chi connectivity index (χ0n) is 9.45. The quantitative estimate of drug-likeness (QED) is 0.366. The Kier molecular flexibility index (Phi) is 3.98. The lowest BCUT2D eigenvalue weighted by Crippen LogP contribution is -2.17. The van der Waals surface area contributed by atoms with Crippen molar-refractivity contribution < 1.29 is 19.0 Å². The van der Waals surface area contributed by atoms with E-state index in [9.17, 15) is 14.3 Å². The minimum absolute atomic E-state index is 0.193. The number of nitrogens with one attached hydrogen (secondary N) is 1. The summed E-state index contributed by atoms with van der Waals surface area (Å²) < 4.78 is 17.4. The molecule has 0 heterocycles. The molecule has 0 bridgehead atoms. The van der Waals surface area contributed by atoms with Gasteiger partial charge >= 0.3 is 5.97 Å². The molecule has 2 N–H and O–H groups in total. The van der Waals surface area contributed by atoms with Crippen LogP contribution in [0.15, 0.2) is 35.6 Å². The summed E-state index contributed by atoms with van der Waals surface area (Å²) in [7, 11) is 1.14. The Hall–Kier alpha value is -2.17. The van der Waals surface area contributed by atoms with Crippen LogP contribution in [0.1, 0.15) is 12.5 Å². The predicted octanol–water partition coefficient (Wildman–Crippen LogP) is 2.20. The van der Waals surface area contributed by atoms with Gasteiger partial charge in [0, 0.05) is 5.56 Å². The van der Waals surface area contributed by atoms with Gasteiger partial charge in [0.2, 0.25) is 0 Å². The highest BCUT2D eigenvalue weighted by Crippen LogP contribution is 2.14. The average molecular weight is 237 g/mol. The second-order valence-electron chi connectivity index (χ2n) is 3.34. The standard InChI is InChI=1S/C12H12FNO3/c1-7(15)10(12(16)17-2)11(14)8-4-3-5-9(13)6-8/h3-6,14-15H,1-2H3/b10-7+,14-11?. The van der Waals surface area contributed by atoms with Crippen LogP contribution in [0.25, 0.3) is 0 Å². The molecule has 0 saturated heterocycles. The molecule has 0 aliphatic rings. The molecule has 0 radical (unpaired) electrons. The van der Waals surface area contributed by atoms with E-state index in [1.807, 2.05) is 0 Å². The number of aliphatic hydroxyl groups excluding tert-OH is 1. The van der Waals surface area contributed by atoms with Gasteiger partial charge in [0.25, 0.3) is 0 Å². The first-order chi connectivity index (χ1) is 7.97. The molecule has 0 fully saturated rings. The maximum atomic E-state index is 13.0. The van der Waals surface area contributed by atoms with Crippen molar-refractivity contribution in [2.24, 2.45) is 0 Å². The molecule has 1 aromatic rings. The van der Waals surface area contributed by atoms with E-state index in [0.29, 0.717) is 0 Å². The van der Waals surface area contributed by atoms with Crippen LogP contribution in [-0.2, 0) is 9.53 Å². The third kappa shape index (κ3) is 2.90. The van der Waals surface area contributed by atoms with Crippen molar-refractivity contribution in [3.63, 3.8) is 0 Å². The predicted molar refractivity (Wildman–Crippen MR) is 60.6 cm³/mol. The Balaban J connectivity index is 3.19. The molecule has 17 heavy (non-hydrogen) atoms. The van der Waals surface area contributed by atoms with Crippen LogP contribution in [0.3, 0.4) is 0 Å². The van der Waals surface area contributed by atoms with E-state index in [-0.39, 0.29) is 22.6 Å². The van der Waals surface area contributed by atoms with Crippen LogP contribution in [-0.4, -0.2) is 23.9 Å². The first kappa shape index (κ1) is 12.9. The van der Waals surface area contributed by atoms with Crippen molar-refractivity contribution >= 4 is 11.7 Å². The van der Waals surface area contributed by atoms with E-state index in [1.165, 1.54) is 25.1 Å². The monoisotopic (exact) mass is 237 g/mol. The van der Waals surface area contributed by atoms with Crippen molar-refractivity contribution in [3.8, 4) is 0 Å². The fraction of sp³-hybridized carbons (Fsp3) is 0.167. The molecular weight excluding hydrogens is 225 g/mol. The van der Waals surface area contributed by atoms with E-state index in [0.717, 1.165) is 13.2 Å². The SMILES string of the molecule is COC(=O)/C(C(=N)c1cccc(F)c1)=C(\C)O. The number of esters is 1. The summed E-state index contributed by atoms with van der Waals surface area (Å²) in [6, 6.07) is 5.22. The first-order valence-electron chi connectivity index (χ1n) is 4.80. The molecule has 4 nitrogen and oxygen atoms in total. The van der Waals surface area contributed by atoms with Crippen LogP contribution >= 0.6 is 0 Å². The van der Waals surface area contributed by atoms with E-state index in [4.69, 9.17) is 5.41 Å². The Morgan fingerprint density at radius 3 is 2.59 bits per heavy atom. The summed E-state index contributed by atoms with van der Waals surface area (Å²) in [5.74, 6) is -1.70. The lowest BCUT2D eigenvalue weighted by atomic mass is 10.0. The van der Waals surface area contributed by atoms with Crippen LogP contribution in [0.4, 0.5) is 4.39 Å². The summed E-state index contributed by atoms with van der Waals surface area (Å²) in [6.45, 7) is 1.26. The van der Waals surface area contributed by atoms with Gasteiger partial charge in [0.05, 0.1) is 12.8 Å². The highest BCUT2D eigenvalue weighted by molar-refractivity contribution is 6.25. The Labute approximate surface area is 97.9 Å². The van der Waals surface area contributed by atoms with E-state index < -0.39 is 11.8 Å². The zero-order chi connectivity index (χ0) is 13.0. The molecule has 0 atom stereocenters. The molecule has 1 aromatic carbocycles. The van der Waals surface area contributed by atoms with Gasteiger partial charge in [-0.3, -0.25) is 5.41 Å². The number of aliphatic hydroxyl groups is 1. The highest BCUT2D eigenvalue weighted by atomic mass is 19.1. The van der Waals surface area contributed by atoms with Crippen LogP contribution in [0.5, 0.6) is 0 Å². The van der Waals surface area contributed by atoms with E-state index in [1.54, 1.807) is 0 Å². The molecule has 0 aromatic heterocycles. The molecule has 0 aliphatic heterocycles. The smallest absolute Gasteiger partial charge is 0.343 e. The maximum absolute atomic E-state index is 13.0. The number of rotatable bonds is 3. The van der Waals surface area contributed by atoms with Crippen LogP contribution in [0.2, 0.25) is 0 Å². The molecule has 0 aliphatic carbocycles. The fourth-order valence-electron chi connectivity index (χ4n) is 1.32. The Bertz CT molecular complexity index is 490. The number of hydrogen-bond donors (Lipinski definition) is 2. The summed E-state index contributed by atoms with van der Waals surface area (Å²) in [5, 5.41) is 17.1. The van der Waals surface area contributed by atoms with Crippen LogP contribution < -0.4 is 0 Å². The molecule has 0 saturated carbocycles. The lowest BCUT2D eigenvalue weighted by molar-refractivity contribution is -0.135. The number of methoxy groups -OCH3 is 1. The number of allylic oxidation sites excluding steroid dienone is 1. The largest absolute Gasteiger partial charge is 0.512 e. The fourth-order valence-corrected chi connectivity index (χ4v) is 1.32. The second kappa shape index (κ2) is 5.25. The van der Waals surface area contributed by atoms with Crippen LogP contribution in [0, 0.1) is 11.2 Å². The van der Waals surface area contributed by atoms with Crippen molar-refractivity contribution in [1.29, 1.82) is 5.41 Å². The summed E-state index contributed by atoms with van der Waals surface area (Å²) in [5.41, 5.74) is -0.367. The molecular formula is C12H12FNO3. The number of ether oxygens (including phenoxy) is 1. The van der Waals surface area contributed by atoms with E-state index in [2.05, 4.69) is 4.74 Å². The van der Waals surface area contributed by atoms with Gasteiger partial charge in [0.15, 0.2) is 0 Å². The number of carbonyl (C=O) groups is 1. The number of halogens is 1. The average Bonchev–Trinajstić information content (AvgIpc) is 2.28. The number of carbonyl (C=O) groups excluding carboxylic acids is 1. The Morgan fingerprint density at radius 2 is 2.12 bits per heavy atom. The first-order valence-corrected chi connectivity index (χ1v) is 4.80. The van der Waals surface area contributed by atoms with Crippen molar-refractivity contribution in [3.05, 3.63) is 47.0 Å². The molecule has 1 rings (SSSR count). The molecule has 0 unspecified atom stereocenters. The van der Waals surface area contributed by atoms with Crippen molar-refractivity contribution in [2.45, 2.75) is 6.92 Å². The third-order valence-corrected chi connectivity index (χ3v) is 2.11. The zero-order valence-corrected chi connectivity index (χ0v) is 9.45. The third-order valence-electron chi connectivity index (χ3n) is 2.11. The topological polar surface area (TPSA) is 70.4 Å². The van der Waals surface area contributed by atoms with Gasteiger partial charge in [-0.25, -0.2) is 9.18 Å². The highest BCUT2D eigenvalue weighted by Gasteiger charge is 2.20. The summed E-state index contributed by atoms with van der Waals surface area (Å²) in [6.07, 6.45) is 0. The van der Waals surface area contributed by atoms with Gasteiger partial charge in [-0.1, -0.05) is 12.1 Å². The molecule has 0 spiro atoms. The minimum atomic E-state index is -0.834. The van der Waals surface area contributed by atoms with Gasteiger partial charge < -0.3 is 9.84 Å². The van der Waals surface area contributed by atoms with Gasteiger partial charge in [-0.2, -0.15) is 0 Å². The summed E-state index contributed by atoms with van der Waals surface area (Å²) >= 11 is 0. The number of benzene rings is 1. The van der Waals surface area contributed by atoms with Crippen molar-refractivity contribution in [2.75, 3.05) is 7.11 Å². The van der Waals surface area contributed by atoms with E-state index >= 15 is 0 Å². The minimum Gasteiger partial charge on any atom is -0.512 e. The van der Waals surface area contributed by atoms with Gasteiger partial charge in [0.1, 0.15) is 17.1 Å². The molecule has 0 amide bonds. The van der Waals surface area contributed by atoms with Gasteiger partial charge in [-0.15, -0.1) is 0 Å². The summed E-state index contributed by atoms with van der Waals surface area (Å²) in [4.78, 5) is 11.4. The van der Waals surface area contributed by atoms with Gasteiger partial charge in [-0.05, 0) is 19.1 Å². The second-order valence-corrected chi connectivity index (χ2v) is 3.34. The molecule has 5 heteroatoms.